The lowest BCUT2D eigenvalue weighted by Gasteiger charge is -2.09. The molecular weight excluding hydrogens is 221 g/mol. The summed E-state index contributed by atoms with van der Waals surface area (Å²) in [5.41, 5.74) is -0.137. The van der Waals surface area contributed by atoms with Gasteiger partial charge in [0.05, 0.1) is 11.5 Å². The van der Waals surface area contributed by atoms with Crippen LogP contribution in [0.25, 0.3) is 0 Å². The van der Waals surface area contributed by atoms with Crippen molar-refractivity contribution >= 4 is 5.97 Å². The van der Waals surface area contributed by atoms with Crippen LogP contribution in [0.4, 0.5) is 13.2 Å². The molecular formula is C11H11F3O2. The summed E-state index contributed by atoms with van der Waals surface area (Å²) < 4.78 is 36.6. The molecule has 1 N–H and O–H groups in total. The van der Waals surface area contributed by atoms with Crippen molar-refractivity contribution in [2.24, 2.45) is 5.92 Å². The smallest absolute Gasteiger partial charge is 0.416 e. The first kappa shape index (κ1) is 12.5. The summed E-state index contributed by atoms with van der Waals surface area (Å²) in [5.74, 6) is -1.56. The lowest BCUT2D eigenvalue weighted by molar-refractivity contribution is -0.141. The predicted octanol–water partition coefficient (Wildman–Crippen LogP) is 2.97. The Bertz CT molecular complexity index is 368. The zero-order valence-corrected chi connectivity index (χ0v) is 8.58. The number of hydrogen-bond acceptors (Lipinski definition) is 1. The van der Waals surface area contributed by atoms with E-state index in [2.05, 4.69) is 0 Å². The minimum Gasteiger partial charge on any atom is -0.481 e. The molecule has 16 heavy (non-hydrogen) atoms. The van der Waals surface area contributed by atoms with E-state index in [9.17, 15) is 18.0 Å². The molecule has 0 unspecified atom stereocenters. The molecule has 0 spiro atoms. The van der Waals surface area contributed by atoms with Gasteiger partial charge in [0.2, 0.25) is 0 Å². The highest BCUT2D eigenvalue weighted by Gasteiger charge is 2.29. The maximum atomic E-state index is 12.2. The Morgan fingerprint density at radius 3 is 2.19 bits per heavy atom. The van der Waals surface area contributed by atoms with Crippen LogP contribution in [-0.2, 0) is 17.4 Å². The number of carboxylic acids is 1. The van der Waals surface area contributed by atoms with Crippen LogP contribution in [-0.4, -0.2) is 11.1 Å². The molecule has 1 aromatic carbocycles. The highest BCUT2D eigenvalue weighted by molar-refractivity contribution is 5.69. The van der Waals surface area contributed by atoms with Crippen LogP contribution in [0.5, 0.6) is 0 Å². The van der Waals surface area contributed by atoms with E-state index >= 15 is 0 Å². The maximum absolute atomic E-state index is 12.2. The number of carboxylic acid groups (broad SMARTS) is 1. The zero-order chi connectivity index (χ0) is 12.3. The largest absolute Gasteiger partial charge is 0.481 e. The van der Waals surface area contributed by atoms with Crippen LogP contribution in [0.1, 0.15) is 18.1 Å². The summed E-state index contributed by atoms with van der Waals surface area (Å²) in [4.78, 5) is 10.5. The van der Waals surface area contributed by atoms with Crippen LogP contribution in [0.3, 0.4) is 0 Å². The number of alkyl halides is 3. The van der Waals surface area contributed by atoms with E-state index in [1.165, 1.54) is 19.1 Å². The van der Waals surface area contributed by atoms with Crippen molar-refractivity contribution in [2.45, 2.75) is 19.5 Å². The second kappa shape index (κ2) is 4.55. The van der Waals surface area contributed by atoms with Gasteiger partial charge in [0.1, 0.15) is 0 Å². The molecule has 0 radical (unpaired) electrons. The first-order valence-electron chi connectivity index (χ1n) is 4.69. The van der Waals surface area contributed by atoms with E-state index in [0.717, 1.165) is 12.1 Å². The Labute approximate surface area is 90.7 Å². The SMILES string of the molecule is C[C@H](Cc1ccc(C(F)(F)F)cc1)C(=O)O. The van der Waals surface area contributed by atoms with Crippen molar-refractivity contribution in [3.8, 4) is 0 Å². The molecule has 0 aromatic heterocycles. The quantitative estimate of drug-likeness (QED) is 0.869. The number of carbonyl (C=O) groups is 1. The molecule has 0 bridgehead atoms. The number of aliphatic carboxylic acids is 1. The minimum absolute atomic E-state index is 0.230. The summed E-state index contributed by atoms with van der Waals surface area (Å²) in [6.07, 6.45) is -4.12. The molecule has 1 aromatic rings. The van der Waals surface area contributed by atoms with Crippen molar-refractivity contribution in [3.05, 3.63) is 35.4 Å². The monoisotopic (exact) mass is 232 g/mol. The van der Waals surface area contributed by atoms with Crippen molar-refractivity contribution in [1.29, 1.82) is 0 Å². The first-order chi connectivity index (χ1) is 7.30. The fourth-order valence-corrected chi connectivity index (χ4v) is 1.27. The van der Waals surface area contributed by atoms with Crippen LogP contribution in [0.2, 0.25) is 0 Å². The Balaban J connectivity index is 2.76. The molecule has 0 aliphatic carbocycles. The maximum Gasteiger partial charge on any atom is 0.416 e. The van der Waals surface area contributed by atoms with Crippen molar-refractivity contribution < 1.29 is 23.1 Å². The second-order valence-electron chi connectivity index (χ2n) is 3.64. The first-order valence-corrected chi connectivity index (χ1v) is 4.69. The van der Waals surface area contributed by atoms with E-state index < -0.39 is 23.6 Å². The summed E-state index contributed by atoms with van der Waals surface area (Å²) in [7, 11) is 0. The van der Waals surface area contributed by atoms with E-state index in [4.69, 9.17) is 5.11 Å². The predicted molar refractivity (Wildman–Crippen MR) is 51.9 cm³/mol. The summed E-state index contributed by atoms with van der Waals surface area (Å²) in [5, 5.41) is 8.65. The average Bonchev–Trinajstić information content (AvgIpc) is 2.17. The molecule has 0 aliphatic heterocycles. The molecule has 0 aliphatic rings. The standard InChI is InChI=1S/C11H11F3O2/c1-7(10(15)16)6-8-2-4-9(5-3-8)11(12,13)14/h2-5,7H,6H2,1H3,(H,15,16)/t7-/m1/s1. The lowest BCUT2D eigenvalue weighted by atomic mass is 10.0. The normalized spacial score (nSPS) is 13.5. The van der Waals surface area contributed by atoms with Gasteiger partial charge in [-0.3, -0.25) is 4.79 Å². The van der Waals surface area contributed by atoms with Gasteiger partial charge in [-0.2, -0.15) is 13.2 Å². The highest BCUT2D eigenvalue weighted by atomic mass is 19.4. The Hall–Kier alpha value is -1.52. The van der Waals surface area contributed by atoms with Gasteiger partial charge in [0.15, 0.2) is 0 Å². The summed E-state index contributed by atoms with van der Waals surface area (Å²) in [6, 6.07) is 4.54. The van der Waals surface area contributed by atoms with Gasteiger partial charge in [-0.05, 0) is 24.1 Å². The third-order valence-corrected chi connectivity index (χ3v) is 2.24. The third-order valence-electron chi connectivity index (χ3n) is 2.24. The molecule has 0 saturated heterocycles. The molecule has 0 amide bonds. The second-order valence-corrected chi connectivity index (χ2v) is 3.64. The van der Waals surface area contributed by atoms with Gasteiger partial charge >= 0.3 is 12.1 Å². The Morgan fingerprint density at radius 1 is 1.31 bits per heavy atom. The number of benzene rings is 1. The lowest BCUT2D eigenvalue weighted by Crippen LogP contribution is -2.12. The van der Waals surface area contributed by atoms with Crippen LogP contribution in [0, 0.1) is 5.92 Å². The van der Waals surface area contributed by atoms with Gasteiger partial charge in [-0.1, -0.05) is 19.1 Å². The van der Waals surface area contributed by atoms with Crippen LogP contribution in [0.15, 0.2) is 24.3 Å². The molecule has 88 valence electrons. The van der Waals surface area contributed by atoms with Crippen molar-refractivity contribution in [1.82, 2.24) is 0 Å². The minimum atomic E-state index is -4.35. The van der Waals surface area contributed by atoms with Crippen molar-refractivity contribution in [3.63, 3.8) is 0 Å². The van der Waals surface area contributed by atoms with E-state index in [-0.39, 0.29) is 6.42 Å². The van der Waals surface area contributed by atoms with Crippen LogP contribution >= 0.6 is 0 Å². The number of hydrogen-bond donors (Lipinski definition) is 1. The molecule has 0 saturated carbocycles. The fraction of sp³-hybridized carbons (Fsp3) is 0.364. The van der Waals surface area contributed by atoms with E-state index in [1.807, 2.05) is 0 Å². The average molecular weight is 232 g/mol. The molecule has 1 rings (SSSR count). The van der Waals surface area contributed by atoms with Gasteiger partial charge in [0, 0.05) is 0 Å². The molecule has 1 atom stereocenters. The third kappa shape index (κ3) is 3.25. The van der Waals surface area contributed by atoms with Gasteiger partial charge in [-0.15, -0.1) is 0 Å². The van der Waals surface area contributed by atoms with Gasteiger partial charge < -0.3 is 5.11 Å². The zero-order valence-electron chi connectivity index (χ0n) is 8.58. The van der Waals surface area contributed by atoms with E-state index in [0.29, 0.717) is 5.56 Å². The summed E-state index contributed by atoms with van der Waals surface area (Å²) >= 11 is 0. The van der Waals surface area contributed by atoms with E-state index in [1.54, 1.807) is 0 Å². The topological polar surface area (TPSA) is 37.3 Å². The Morgan fingerprint density at radius 2 is 1.81 bits per heavy atom. The molecule has 0 heterocycles. The Kier molecular flexibility index (Phi) is 3.57. The van der Waals surface area contributed by atoms with Gasteiger partial charge in [-0.25, -0.2) is 0 Å². The van der Waals surface area contributed by atoms with Crippen molar-refractivity contribution in [2.75, 3.05) is 0 Å². The molecule has 0 fully saturated rings. The molecule has 2 nitrogen and oxygen atoms in total. The number of rotatable bonds is 3. The highest BCUT2D eigenvalue weighted by Crippen LogP contribution is 2.29. The molecule has 5 heteroatoms. The summed E-state index contributed by atoms with van der Waals surface area (Å²) in [6.45, 7) is 1.51. The fourth-order valence-electron chi connectivity index (χ4n) is 1.27. The van der Waals surface area contributed by atoms with Gasteiger partial charge in [0.25, 0.3) is 0 Å². The van der Waals surface area contributed by atoms with Crippen LogP contribution < -0.4 is 0 Å². The number of halogens is 3.